The smallest absolute Gasteiger partial charge is 0.236 e. The van der Waals surface area contributed by atoms with E-state index in [4.69, 9.17) is 5.11 Å². The second kappa shape index (κ2) is 7.07. The third kappa shape index (κ3) is 4.40. The molecule has 2 saturated heterocycles. The van der Waals surface area contributed by atoms with Gasteiger partial charge in [0.2, 0.25) is 5.91 Å². The predicted octanol–water partition coefficient (Wildman–Crippen LogP) is -0.131. The van der Waals surface area contributed by atoms with Crippen LogP contribution in [-0.4, -0.2) is 79.6 Å². The second-order valence-corrected chi connectivity index (χ2v) is 8.42. The third-order valence-electron chi connectivity index (χ3n) is 4.70. The molecule has 2 rings (SSSR count). The first-order valence-electron chi connectivity index (χ1n) is 7.74. The topological polar surface area (TPSA) is 77.9 Å². The number of nitrogens with zero attached hydrogens (tertiary/aromatic N) is 2. The molecule has 2 aliphatic heterocycles. The van der Waals surface area contributed by atoms with Crippen LogP contribution in [0.2, 0.25) is 0 Å². The van der Waals surface area contributed by atoms with Crippen LogP contribution in [-0.2, 0) is 14.6 Å². The van der Waals surface area contributed by atoms with Gasteiger partial charge in [-0.05, 0) is 32.2 Å². The van der Waals surface area contributed by atoms with Crippen molar-refractivity contribution in [3.63, 3.8) is 0 Å². The van der Waals surface area contributed by atoms with Gasteiger partial charge in [-0.25, -0.2) is 8.42 Å². The van der Waals surface area contributed by atoms with Crippen LogP contribution in [0.25, 0.3) is 0 Å². The number of piperidine rings is 1. The van der Waals surface area contributed by atoms with Crippen molar-refractivity contribution in [2.45, 2.75) is 44.2 Å². The molecule has 21 heavy (non-hydrogen) atoms. The van der Waals surface area contributed by atoms with Crippen LogP contribution < -0.4 is 0 Å². The number of carbonyl (C=O) groups excluding carboxylic acids is 1. The van der Waals surface area contributed by atoms with Crippen molar-refractivity contribution in [2.24, 2.45) is 0 Å². The molecule has 2 aliphatic rings. The fraction of sp³-hybridized carbons (Fsp3) is 0.929. The van der Waals surface area contributed by atoms with E-state index >= 15 is 0 Å². The highest BCUT2D eigenvalue weighted by atomic mass is 32.2. The molecule has 1 N–H and O–H groups in total. The summed E-state index contributed by atoms with van der Waals surface area (Å²) in [6.45, 7) is 1.36. The van der Waals surface area contributed by atoms with Gasteiger partial charge in [-0.15, -0.1) is 0 Å². The molecule has 2 heterocycles. The van der Waals surface area contributed by atoms with Gasteiger partial charge in [-0.1, -0.05) is 6.42 Å². The average Bonchev–Trinajstić information content (AvgIpc) is 2.80. The molecule has 0 aliphatic carbocycles. The normalized spacial score (nSPS) is 29.4. The van der Waals surface area contributed by atoms with E-state index < -0.39 is 9.84 Å². The van der Waals surface area contributed by atoms with Gasteiger partial charge in [0.05, 0.1) is 18.1 Å². The van der Waals surface area contributed by atoms with E-state index in [0.717, 1.165) is 25.8 Å². The number of aliphatic hydroxyl groups is 1. The fourth-order valence-corrected chi connectivity index (χ4v) is 5.09. The third-order valence-corrected chi connectivity index (χ3v) is 6.45. The van der Waals surface area contributed by atoms with Crippen LogP contribution in [0.4, 0.5) is 0 Å². The molecule has 0 saturated carbocycles. The quantitative estimate of drug-likeness (QED) is 0.764. The van der Waals surface area contributed by atoms with Gasteiger partial charge in [-0.3, -0.25) is 9.69 Å². The van der Waals surface area contributed by atoms with E-state index in [9.17, 15) is 13.2 Å². The molecule has 2 fully saturated rings. The lowest BCUT2D eigenvalue weighted by atomic mass is 9.99. The summed E-state index contributed by atoms with van der Waals surface area (Å²) in [4.78, 5) is 16.1. The molecule has 0 aromatic rings. The lowest BCUT2D eigenvalue weighted by Gasteiger charge is -2.36. The Kier molecular flexibility index (Phi) is 5.62. The van der Waals surface area contributed by atoms with Crippen molar-refractivity contribution in [1.82, 2.24) is 9.80 Å². The largest absolute Gasteiger partial charge is 0.396 e. The van der Waals surface area contributed by atoms with Crippen molar-refractivity contribution in [1.29, 1.82) is 0 Å². The lowest BCUT2D eigenvalue weighted by molar-refractivity contribution is -0.133. The number of sulfone groups is 1. The summed E-state index contributed by atoms with van der Waals surface area (Å²) in [5.74, 6) is 0.267. The summed E-state index contributed by atoms with van der Waals surface area (Å²) >= 11 is 0. The van der Waals surface area contributed by atoms with Crippen LogP contribution in [0, 0.1) is 0 Å². The first-order chi connectivity index (χ1) is 9.93. The van der Waals surface area contributed by atoms with E-state index in [1.165, 1.54) is 0 Å². The van der Waals surface area contributed by atoms with Crippen molar-refractivity contribution in [2.75, 3.05) is 38.2 Å². The van der Waals surface area contributed by atoms with Crippen LogP contribution in [0.3, 0.4) is 0 Å². The highest BCUT2D eigenvalue weighted by Crippen LogP contribution is 2.21. The molecule has 122 valence electrons. The molecule has 0 radical (unpaired) electrons. The summed E-state index contributed by atoms with van der Waals surface area (Å²) < 4.78 is 23.0. The van der Waals surface area contributed by atoms with Crippen molar-refractivity contribution in [3.8, 4) is 0 Å². The zero-order valence-corrected chi connectivity index (χ0v) is 13.5. The number of aliphatic hydroxyl groups excluding tert-OH is 1. The van der Waals surface area contributed by atoms with Gasteiger partial charge >= 0.3 is 0 Å². The predicted molar refractivity (Wildman–Crippen MR) is 80.7 cm³/mol. The minimum Gasteiger partial charge on any atom is -0.396 e. The first-order valence-corrected chi connectivity index (χ1v) is 9.56. The van der Waals surface area contributed by atoms with Crippen LogP contribution in [0.15, 0.2) is 0 Å². The highest BCUT2D eigenvalue weighted by molar-refractivity contribution is 7.91. The minimum absolute atomic E-state index is 0.0121. The Morgan fingerprint density at radius 2 is 2.10 bits per heavy atom. The summed E-state index contributed by atoms with van der Waals surface area (Å²) in [7, 11) is -1.26. The Labute approximate surface area is 127 Å². The van der Waals surface area contributed by atoms with Gasteiger partial charge in [0.15, 0.2) is 9.84 Å². The number of hydrogen-bond acceptors (Lipinski definition) is 5. The maximum atomic E-state index is 12.4. The Morgan fingerprint density at radius 1 is 1.33 bits per heavy atom. The van der Waals surface area contributed by atoms with Gasteiger partial charge < -0.3 is 10.0 Å². The number of amides is 1. The van der Waals surface area contributed by atoms with Gasteiger partial charge in [0.1, 0.15) is 0 Å². The Morgan fingerprint density at radius 3 is 2.71 bits per heavy atom. The Bertz CT molecular complexity index is 464. The first kappa shape index (κ1) is 16.7. The molecular formula is C14H26N2O4S. The molecule has 6 nitrogen and oxygen atoms in total. The molecule has 7 heteroatoms. The molecule has 2 unspecified atom stereocenters. The van der Waals surface area contributed by atoms with Crippen LogP contribution in [0.1, 0.15) is 32.1 Å². The van der Waals surface area contributed by atoms with E-state index in [-0.39, 0.29) is 36.1 Å². The zero-order valence-electron chi connectivity index (χ0n) is 12.7. The minimum atomic E-state index is -2.97. The van der Waals surface area contributed by atoms with E-state index in [1.54, 1.807) is 11.9 Å². The second-order valence-electron chi connectivity index (χ2n) is 6.19. The Hall–Kier alpha value is -0.660. The highest BCUT2D eigenvalue weighted by Gasteiger charge is 2.34. The molecule has 0 aromatic heterocycles. The summed E-state index contributed by atoms with van der Waals surface area (Å²) in [5, 5.41) is 9.12. The standard InChI is InChI=1S/C14H26N2O4S/c1-15(13-6-9-21(19,20)11-13)14(18)10-16-7-3-2-4-12(16)5-8-17/h12-13,17H,2-11H2,1H3. The van der Waals surface area contributed by atoms with E-state index in [0.29, 0.717) is 19.4 Å². The van der Waals surface area contributed by atoms with Crippen LogP contribution in [0.5, 0.6) is 0 Å². The molecule has 0 spiro atoms. The van der Waals surface area contributed by atoms with E-state index in [1.807, 2.05) is 0 Å². The molecular weight excluding hydrogens is 292 g/mol. The summed E-state index contributed by atoms with van der Waals surface area (Å²) in [6, 6.07) is 0.0944. The molecule has 0 aromatic carbocycles. The maximum Gasteiger partial charge on any atom is 0.236 e. The fourth-order valence-electron chi connectivity index (χ4n) is 3.31. The maximum absolute atomic E-state index is 12.4. The Balaban J connectivity index is 1.90. The number of likely N-dealkylation sites (tertiary alicyclic amines) is 1. The zero-order chi connectivity index (χ0) is 15.5. The molecule has 1 amide bonds. The number of carbonyl (C=O) groups is 1. The van der Waals surface area contributed by atoms with Gasteiger partial charge in [-0.2, -0.15) is 0 Å². The average molecular weight is 318 g/mol. The summed E-state index contributed by atoms with van der Waals surface area (Å²) in [5.41, 5.74) is 0. The number of likely N-dealkylation sites (N-methyl/N-ethyl adjacent to an activating group) is 1. The molecule has 2 atom stereocenters. The van der Waals surface area contributed by atoms with Crippen molar-refractivity contribution >= 4 is 15.7 Å². The van der Waals surface area contributed by atoms with Crippen LogP contribution >= 0.6 is 0 Å². The SMILES string of the molecule is CN(C(=O)CN1CCCCC1CCO)C1CCS(=O)(=O)C1. The van der Waals surface area contributed by atoms with Crippen molar-refractivity contribution < 1.29 is 18.3 Å². The van der Waals surface area contributed by atoms with Gasteiger partial charge in [0.25, 0.3) is 0 Å². The molecule has 0 bridgehead atoms. The monoisotopic (exact) mass is 318 g/mol. The van der Waals surface area contributed by atoms with Crippen molar-refractivity contribution in [3.05, 3.63) is 0 Å². The van der Waals surface area contributed by atoms with E-state index in [2.05, 4.69) is 4.90 Å². The van der Waals surface area contributed by atoms with Gasteiger partial charge in [0, 0.05) is 25.7 Å². The summed E-state index contributed by atoms with van der Waals surface area (Å²) in [6.07, 6.45) is 4.50. The number of rotatable bonds is 5. The lowest BCUT2D eigenvalue weighted by Crippen LogP contribution is -2.48. The number of hydrogen-bond donors (Lipinski definition) is 1.